The molecule has 19 heavy (non-hydrogen) atoms. The van der Waals surface area contributed by atoms with Crippen molar-refractivity contribution in [3.8, 4) is 0 Å². The monoisotopic (exact) mass is 281 g/mol. The first-order valence-corrected chi connectivity index (χ1v) is 7.90. The smallest absolute Gasteiger partial charge is 0.306 e. The zero-order valence-electron chi connectivity index (χ0n) is 11.7. The Morgan fingerprint density at radius 2 is 2.32 bits per heavy atom. The fraction of sp³-hybridized carbons (Fsp3) is 0.667. The molecule has 0 saturated heterocycles. The van der Waals surface area contributed by atoms with Crippen molar-refractivity contribution in [3.05, 3.63) is 21.9 Å². The minimum Gasteiger partial charge on any atom is -0.481 e. The van der Waals surface area contributed by atoms with Crippen LogP contribution < -0.4 is 5.32 Å². The van der Waals surface area contributed by atoms with Gasteiger partial charge in [-0.2, -0.15) is 0 Å². The lowest BCUT2D eigenvalue weighted by atomic mass is 9.85. The minimum absolute atomic E-state index is 0.151. The van der Waals surface area contributed by atoms with Gasteiger partial charge in [0.1, 0.15) is 0 Å². The Kier molecular flexibility index (Phi) is 4.99. The third-order valence-electron chi connectivity index (χ3n) is 3.85. The molecule has 0 aliphatic heterocycles. The standard InChI is InChI=1S/C15H23NO2S/c1-10(8-14-7-6-11(2)19-14)16-13-5-3-4-12(9-13)15(17)18/h6-7,10,12-13,16H,3-5,8-9H2,1-2H3,(H,17,18). The summed E-state index contributed by atoms with van der Waals surface area (Å²) in [5, 5.41) is 12.7. The fourth-order valence-corrected chi connectivity index (χ4v) is 3.94. The van der Waals surface area contributed by atoms with Gasteiger partial charge in [0.05, 0.1) is 5.92 Å². The van der Waals surface area contributed by atoms with Crippen molar-refractivity contribution in [1.82, 2.24) is 5.32 Å². The molecule has 0 amide bonds. The maximum Gasteiger partial charge on any atom is 0.306 e. The van der Waals surface area contributed by atoms with E-state index in [-0.39, 0.29) is 5.92 Å². The molecule has 3 unspecified atom stereocenters. The van der Waals surface area contributed by atoms with Crippen LogP contribution in [0, 0.1) is 12.8 Å². The maximum atomic E-state index is 11.1. The van der Waals surface area contributed by atoms with Crippen LogP contribution in [0.15, 0.2) is 12.1 Å². The predicted molar refractivity (Wildman–Crippen MR) is 78.7 cm³/mol. The van der Waals surface area contributed by atoms with E-state index in [0.717, 1.165) is 32.1 Å². The molecule has 0 spiro atoms. The molecule has 0 aromatic carbocycles. The highest BCUT2D eigenvalue weighted by molar-refractivity contribution is 7.11. The summed E-state index contributed by atoms with van der Waals surface area (Å²) in [6.07, 6.45) is 4.79. The number of nitrogens with one attached hydrogen (secondary N) is 1. The zero-order chi connectivity index (χ0) is 13.8. The van der Waals surface area contributed by atoms with Crippen molar-refractivity contribution in [2.45, 2.75) is 58.0 Å². The van der Waals surface area contributed by atoms with Crippen molar-refractivity contribution in [3.63, 3.8) is 0 Å². The highest BCUT2D eigenvalue weighted by Gasteiger charge is 2.27. The second kappa shape index (κ2) is 6.53. The Bertz CT molecular complexity index is 430. The van der Waals surface area contributed by atoms with Crippen molar-refractivity contribution < 1.29 is 9.90 Å². The van der Waals surface area contributed by atoms with Gasteiger partial charge < -0.3 is 10.4 Å². The third-order valence-corrected chi connectivity index (χ3v) is 4.87. The maximum absolute atomic E-state index is 11.1. The summed E-state index contributed by atoms with van der Waals surface area (Å²) >= 11 is 1.85. The SMILES string of the molecule is Cc1ccc(CC(C)NC2CCCC(C(=O)O)C2)s1. The number of aryl methyl sites for hydroxylation is 1. The number of hydrogen-bond donors (Lipinski definition) is 2. The first-order valence-electron chi connectivity index (χ1n) is 7.08. The van der Waals surface area contributed by atoms with Gasteiger partial charge in [0.2, 0.25) is 0 Å². The summed E-state index contributed by atoms with van der Waals surface area (Å²) in [6, 6.07) is 5.13. The summed E-state index contributed by atoms with van der Waals surface area (Å²) < 4.78 is 0. The average molecular weight is 281 g/mol. The van der Waals surface area contributed by atoms with Crippen LogP contribution in [-0.4, -0.2) is 23.2 Å². The Morgan fingerprint density at radius 1 is 1.53 bits per heavy atom. The van der Waals surface area contributed by atoms with Crippen molar-refractivity contribution in [2.75, 3.05) is 0 Å². The second-order valence-electron chi connectivity index (χ2n) is 5.68. The topological polar surface area (TPSA) is 49.3 Å². The number of aliphatic carboxylic acids is 1. The zero-order valence-corrected chi connectivity index (χ0v) is 12.5. The molecular formula is C15H23NO2S. The van der Waals surface area contributed by atoms with Gasteiger partial charge in [0.25, 0.3) is 0 Å². The molecule has 0 radical (unpaired) electrons. The van der Waals surface area contributed by atoms with Crippen LogP contribution in [0.4, 0.5) is 0 Å². The lowest BCUT2D eigenvalue weighted by molar-refractivity contribution is -0.143. The van der Waals surface area contributed by atoms with E-state index in [1.54, 1.807) is 0 Å². The number of carboxylic acids is 1. The van der Waals surface area contributed by atoms with Crippen LogP contribution in [0.3, 0.4) is 0 Å². The summed E-state index contributed by atoms with van der Waals surface area (Å²) in [5.74, 6) is -0.782. The van der Waals surface area contributed by atoms with E-state index >= 15 is 0 Å². The normalized spacial score (nSPS) is 25.2. The molecule has 1 saturated carbocycles. The Hall–Kier alpha value is -0.870. The number of carboxylic acid groups (broad SMARTS) is 1. The van der Waals surface area contributed by atoms with Crippen molar-refractivity contribution in [1.29, 1.82) is 0 Å². The number of carbonyl (C=O) groups is 1. The average Bonchev–Trinajstić information content (AvgIpc) is 2.74. The Labute approximate surface area is 119 Å². The molecule has 1 aliphatic carbocycles. The van der Waals surface area contributed by atoms with E-state index in [0.29, 0.717) is 12.1 Å². The lowest BCUT2D eigenvalue weighted by Gasteiger charge is -2.30. The van der Waals surface area contributed by atoms with Crippen LogP contribution in [0.25, 0.3) is 0 Å². The van der Waals surface area contributed by atoms with Crippen LogP contribution in [0.1, 0.15) is 42.4 Å². The number of thiophene rings is 1. The van der Waals surface area contributed by atoms with E-state index in [1.165, 1.54) is 9.75 Å². The molecule has 4 heteroatoms. The van der Waals surface area contributed by atoms with Crippen LogP contribution >= 0.6 is 11.3 Å². The highest BCUT2D eigenvalue weighted by Crippen LogP contribution is 2.25. The van der Waals surface area contributed by atoms with Crippen molar-refractivity contribution in [2.24, 2.45) is 5.92 Å². The van der Waals surface area contributed by atoms with Gasteiger partial charge in [-0.25, -0.2) is 0 Å². The molecule has 2 N–H and O–H groups in total. The summed E-state index contributed by atoms with van der Waals surface area (Å²) in [4.78, 5) is 13.8. The van der Waals surface area contributed by atoms with E-state index in [1.807, 2.05) is 11.3 Å². The molecule has 2 rings (SSSR count). The number of hydrogen-bond acceptors (Lipinski definition) is 3. The van der Waals surface area contributed by atoms with Gasteiger partial charge in [-0.05, 0) is 51.7 Å². The van der Waals surface area contributed by atoms with Crippen LogP contribution in [0.2, 0.25) is 0 Å². The van der Waals surface area contributed by atoms with Gasteiger partial charge in [0.15, 0.2) is 0 Å². The predicted octanol–water partition coefficient (Wildman–Crippen LogP) is 3.22. The summed E-state index contributed by atoms with van der Waals surface area (Å²) in [7, 11) is 0. The largest absolute Gasteiger partial charge is 0.481 e. The van der Waals surface area contributed by atoms with E-state index in [2.05, 4.69) is 31.3 Å². The van der Waals surface area contributed by atoms with Gasteiger partial charge >= 0.3 is 5.97 Å². The summed E-state index contributed by atoms with van der Waals surface area (Å²) in [5.41, 5.74) is 0. The Balaban J connectivity index is 1.81. The highest BCUT2D eigenvalue weighted by atomic mass is 32.1. The molecule has 1 aliphatic rings. The van der Waals surface area contributed by atoms with E-state index in [9.17, 15) is 4.79 Å². The number of rotatable bonds is 5. The molecule has 3 atom stereocenters. The van der Waals surface area contributed by atoms with Gasteiger partial charge in [-0.1, -0.05) is 6.42 Å². The van der Waals surface area contributed by atoms with E-state index in [4.69, 9.17) is 5.11 Å². The van der Waals surface area contributed by atoms with Gasteiger partial charge in [-0.15, -0.1) is 11.3 Å². The third kappa shape index (κ3) is 4.32. The molecule has 0 bridgehead atoms. The molecule has 1 heterocycles. The lowest BCUT2D eigenvalue weighted by Crippen LogP contribution is -2.41. The molecule has 1 fully saturated rings. The van der Waals surface area contributed by atoms with Crippen LogP contribution in [-0.2, 0) is 11.2 Å². The quantitative estimate of drug-likeness (QED) is 0.871. The minimum atomic E-state index is -0.631. The first kappa shape index (κ1) is 14.5. The van der Waals surface area contributed by atoms with Crippen molar-refractivity contribution >= 4 is 17.3 Å². The molecule has 1 aromatic heterocycles. The molecular weight excluding hydrogens is 258 g/mol. The summed E-state index contributed by atoms with van der Waals surface area (Å²) in [6.45, 7) is 4.32. The first-order chi connectivity index (χ1) is 9.04. The second-order valence-corrected chi connectivity index (χ2v) is 7.06. The van der Waals surface area contributed by atoms with E-state index < -0.39 is 5.97 Å². The molecule has 1 aromatic rings. The van der Waals surface area contributed by atoms with Gasteiger partial charge in [0, 0.05) is 21.8 Å². The molecule has 106 valence electrons. The van der Waals surface area contributed by atoms with Gasteiger partial charge in [-0.3, -0.25) is 4.79 Å². The molecule has 3 nitrogen and oxygen atoms in total. The van der Waals surface area contributed by atoms with Crippen LogP contribution in [0.5, 0.6) is 0 Å². The fourth-order valence-electron chi connectivity index (χ4n) is 2.92. The Morgan fingerprint density at radius 3 is 2.95 bits per heavy atom.